The number of hydrogen-bond donors (Lipinski definition) is 1. The fourth-order valence-corrected chi connectivity index (χ4v) is 3.67. The number of hydrogen-bond acceptors (Lipinski definition) is 3. The van der Waals surface area contributed by atoms with Crippen LogP contribution < -0.4 is 5.73 Å². The summed E-state index contributed by atoms with van der Waals surface area (Å²) in [6, 6.07) is 0. The fraction of sp³-hybridized carbons (Fsp3) is 0.889. The van der Waals surface area contributed by atoms with Crippen LogP contribution in [-0.2, 0) is 14.8 Å². The van der Waals surface area contributed by atoms with Crippen molar-refractivity contribution in [1.82, 2.24) is 4.31 Å². The molecule has 1 amide bonds. The van der Waals surface area contributed by atoms with Crippen LogP contribution in [-0.4, -0.2) is 43.4 Å². The van der Waals surface area contributed by atoms with Crippen LogP contribution in [0.4, 0.5) is 0 Å². The van der Waals surface area contributed by atoms with Gasteiger partial charge in [0.05, 0.1) is 11.7 Å². The van der Waals surface area contributed by atoms with Gasteiger partial charge in [0, 0.05) is 19.0 Å². The van der Waals surface area contributed by atoms with E-state index in [1.165, 1.54) is 4.31 Å². The number of primary amides is 1. The first-order valence-electron chi connectivity index (χ1n) is 5.30. The minimum atomic E-state index is -3.27. The van der Waals surface area contributed by atoms with Gasteiger partial charge in [-0.25, -0.2) is 12.7 Å². The van der Waals surface area contributed by atoms with E-state index in [4.69, 9.17) is 17.3 Å². The SMILES string of the molecule is NC(=O)C1CCCN(S(=O)(=O)CCCCl)C1. The van der Waals surface area contributed by atoms with Gasteiger partial charge in [-0.2, -0.15) is 0 Å². The van der Waals surface area contributed by atoms with E-state index in [9.17, 15) is 13.2 Å². The molecule has 0 aromatic carbocycles. The zero-order valence-corrected chi connectivity index (χ0v) is 10.6. The van der Waals surface area contributed by atoms with E-state index in [2.05, 4.69) is 0 Å². The van der Waals surface area contributed by atoms with Crippen LogP contribution in [0.5, 0.6) is 0 Å². The average Bonchev–Trinajstić information content (AvgIpc) is 2.26. The predicted molar refractivity (Wildman–Crippen MR) is 62.6 cm³/mol. The lowest BCUT2D eigenvalue weighted by molar-refractivity contribution is -0.122. The number of sulfonamides is 1. The van der Waals surface area contributed by atoms with Crippen LogP contribution in [0.1, 0.15) is 19.3 Å². The molecule has 1 saturated heterocycles. The lowest BCUT2D eigenvalue weighted by Gasteiger charge is -2.30. The number of nitrogens with two attached hydrogens (primary N) is 1. The quantitative estimate of drug-likeness (QED) is 0.721. The monoisotopic (exact) mass is 268 g/mol. The minimum absolute atomic E-state index is 0.0436. The maximum absolute atomic E-state index is 11.8. The maximum Gasteiger partial charge on any atom is 0.221 e. The summed E-state index contributed by atoms with van der Waals surface area (Å²) in [6.07, 6.45) is 1.80. The normalized spacial score (nSPS) is 23.2. The Labute approximate surface area is 101 Å². The smallest absolute Gasteiger partial charge is 0.221 e. The topological polar surface area (TPSA) is 80.5 Å². The van der Waals surface area contributed by atoms with Gasteiger partial charge in [-0.3, -0.25) is 4.79 Å². The molecule has 0 aromatic rings. The van der Waals surface area contributed by atoms with Crippen molar-refractivity contribution in [2.45, 2.75) is 19.3 Å². The first-order valence-corrected chi connectivity index (χ1v) is 7.45. The molecule has 2 N–H and O–H groups in total. The van der Waals surface area contributed by atoms with E-state index >= 15 is 0 Å². The summed E-state index contributed by atoms with van der Waals surface area (Å²) in [5.74, 6) is -0.398. The van der Waals surface area contributed by atoms with Gasteiger partial charge >= 0.3 is 0 Å². The summed E-state index contributed by atoms with van der Waals surface area (Å²) in [7, 11) is -3.27. The van der Waals surface area contributed by atoms with Crippen LogP contribution in [0, 0.1) is 5.92 Å². The van der Waals surface area contributed by atoms with Crippen molar-refractivity contribution < 1.29 is 13.2 Å². The van der Waals surface area contributed by atoms with Gasteiger partial charge in [0.1, 0.15) is 0 Å². The molecule has 1 atom stereocenters. The Balaban J connectivity index is 2.62. The minimum Gasteiger partial charge on any atom is -0.369 e. The number of rotatable bonds is 5. The average molecular weight is 269 g/mol. The molecule has 1 unspecified atom stereocenters. The molecule has 1 aliphatic heterocycles. The molecule has 0 aliphatic carbocycles. The molecule has 0 saturated carbocycles. The Bertz CT molecular complexity index is 345. The van der Waals surface area contributed by atoms with Crippen molar-refractivity contribution in [3.8, 4) is 0 Å². The molecule has 1 fully saturated rings. The Hall–Kier alpha value is -0.330. The van der Waals surface area contributed by atoms with E-state index < -0.39 is 15.9 Å². The second-order valence-electron chi connectivity index (χ2n) is 3.96. The van der Waals surface area contributed by atoms with E-state index in [0.29, 0.717) is 31.7 Å². The zero-order chi connectivity index (χ0) is 12.2. The lowest BCUT2D eigenvalue weighted by Crippen LogP contribution is -2.44. The fourth-order valence-electron chi connectivity index (χ4n) is 1.79. The number of amides is 1. The standard InChI is InChI=1S/C9H17ClN2O3S/c10-4-2-6-16(14,15)12-5-1-3-8(7-12)9(11)13/h8H,1-7H2,(H2,11,13). The number of alkyl halides is 1. The van der Waals surface area contributed by atoms with E-state index in [-0.39, 0.29) is 18.2 Å². The highest BCUT2D eigenvalue weighted by Crippen LogP contribution is 2.19. The molecule has 0 aromatic heterocycles. The molecule has 7 heteroatoms. The molecule has 1 heterocycles. The third kappa shape index (κ3) is 3.61. The first kappa shape index (κ1) is 13.7. The molecule has 5 nitrogen and oxygen atoms in total. The molecule has 16 heavy (non-hydrogen) atoms. The van der Waals surface area contributed by atoms with E-state index in [1.807, 2.05) is 0 Å². The van der Waals surface area contributed by atoms with Crippen molar-refractivity contribution >= 4 is 27.5 Å². The van der Waals surface area contributed by atoms with Gasteiger partial charge < -0.3 is 5.73 Å². The van der Waals surface area contributed by atoms with Crippen LogP contribution in [0.15, 0.2) is 0 Å². The number of piperidine rings is 1. The van der Waals surface area contributed by atoms with Crippen LogP contribution in [0.2, 0.25) is 0 Å². The number of nitrogens with zero attached hydrogens (tertiary/aromatic N) is 1. The first-order chi connectivity index (χ1) is 7.47. The number of carbonyl (C=O) groups is 1. The highest BCUT2D eigenvalue weighted by molar-refractivity contribution is 7.89. The van der Waals surface area contributed by atoms with Gasteiger partial charge in [-0.15, -0.1) is 11.6 Å². The second-order valence-corrected chi connectivity index (χ2v) is 6.42. The third-order valence-corrected chi connectivity index (χ3v) is 4.91. The Morgan fingerprint density at radius 2 is 2.19 bits per heavy atom. The van der Waals surface area contributed by atoms with Gasteiger partial charge in [0.2, 0.25) is 15.9 Å². The lowest BCUT2D eigenvalue weighted by atomic mass is 9.99. The summed E-state index contributed by atoms with van der Waals surface area (Å²) < 4.78 is 25.0. The number of carbonyl (C=O) groups excluding carboxylic acids is 1. The van der Waals surface area contributed by atoms with Gasteiger partial charge in [0.25, 0.3) is 0 Å². The predicted octanol–water partition coefficient (Wildman–Crippen LogP) is 0.142. The van der Waals surface area contributed by atoms with Gasteiger partial charge in [-0.1, -0.05) is 0 Å². The largest absolute Gasteiger partial charge is 0.369 e. The molecular weight excluding hydrogens is 252 g/mol. The van der Waals surface area contributed by atoms with Crippen molar-refractivity contribution in [2.24, 2.45) is 11.7 Å². The van der Waals surface area contributed by atoms with Crippen molar-refractivity contribution in [2.75, 3.05) is 24.7 Å². The molecule has 0 bridgehead atoms. The van der Waals surface area contributed by atoms with Crippen LogP contribution in [0.3, 0.4) is 0 Å². The van der Waals surface area contributed by atoms with E-state index in [1.54, 1.807) is 0 Å². The Morgan fingerprint density at radius 3 is 2.75 bits per heavy atom. The van der Waals surface area contributed by atoms with Crippen LogP contribution >= 0.6 is 11.6 Å². The van der Waals surface area contributed by atoms with Crippen molar-refractivity contribution in [3.63, 3.8) is 0 Å². The summed E-state index contributed by atoms with van der Waals surface area (Å²) in [4.78, 5) is 11.0. The Morgan fingerprint density at radius 1 is 1.50 bits per heavy atom. The molecule has 0 spiro atoms. The second kappa shape index (κ2) is 5.84. The highest BCUT2D eigenvalue weighted by atomic mass is 35.5. The maximum atomic E-state index is 11.8. The summed E-state index contributed by atoms with van der Waals surface area (Å²) in [5, 5.41) is 0. The van der Waals surface area contributed by atoms with Crippen LogP contribution in [0.25, 0.3) is 0 Å². The molecular formula is C9H17ClN2O3S. The number of halogens is 1. The molecule has 0 radical (unpaired) electrons. The summed E-state index contributed by atoms with van der Waals surface area (Å²) >= 11 is 5.47. The third-order valence-electron chi connectivity index (χ3n) is 2.72. The van der Waals surface area contributed by atoms with Crippen molar-refractivity contribution in [1.29, 1.82) is 0 Å². The molecule has 94 valence electrons. The van der Waals surface area contributed by atoms with Gasteiger partial charge in [-0.05, 0) is 19.3 Å². The summed E-state index contributed by atoms with van der Waals surface area (Å²) in [5.41, 5.74) is 5.19. The van der Waals surface area contributed by atoms with Gasteiger partial charge in [0.15, 0.2) is 0 Å². The van der Waals surface area contributed by atoms with E-state index in [0.717, 1.165) is 0 Å². The summed E-state index contributed by atoms with van der Waals surface area (Å²) in [6.45, 7) is 0.703. The van der Waals surface area contributed by atoms with Crippen molar-refractivity contribution in [3.05, 3.63) is 0 Å². The Kier molecular flexibility index (Phi) is 5.01. The zero-order valence-electron chi connectivity index (χ0n) is 9.06. The molecule has 1 aliphatic rings. The highest BCUT2D eigenvalue weighted by Gasteiger charge is 2.30. The molecule has 1 rings (SSSR count).